The number of carbonyl (C=O) groups is 4. The molecule has 238 valence electrons. The first-order valence-electron chi connectivity index (χ1n) is 13.7. The average molecular weight is 598 g/mol. The maximum Gasteiger partial charge on any atom is 0.513 e. The third kappa shape index (κ3) is 15.5. The molecule has 0 aliphatic heterocycles. The maximum absolute atomic E-state index is 12.7. The number of hydrogen-bond acceptors (Lipinski definition) is 12. The molecule has 0 aliphatic carbocycles. The number of ether oxygens (including phenoxy) is 7. The second-order valence-electron chi connectivity index (χ2n) is 13.4. The number of nitrogens with two attached hydrogens (primary N) is 1. The molecule has 1 aromatic rings. The molecule has 0 radical (unpaired) electrons. The van der Waals surface area contributed by atoms with Crippen molar-refractivity contribution in [3.8, 4) is 11.5 Å². The molecule has 1 unspecified atom stereocenters. The molecule has 12 nitrogen and oxygen atoms in total. The van der Waals surface area contributed by atoms with Crippen molar-refractivity contribution in [2.45, 2.75) is 106 Å². The fourth-order valence-electron chi connectivity index (χ4n) is 2.86. The highest BCUT2D eigenvalue weighted by Crippen LogP contribution is 2.30. The topological polar surface area (TPSA) is 159 Å². The van der Waals surface area contributed by atoms with E-state index < -0.39 is 48.3 Å². The van der Waals surface area contributed by atoms with Gasteiger partial charge in [0.25, 0.3) is 0 Å². The van der Waals surface area contributed by atoms with Crippen LogP contribution >= 0.6 is 0 Å². The second kappa shape index (κ2) is 15.1. The van der Waals surface area contributed by atoms with Gasteiger partial charge in [-0.3, -0.25) is 4.79 Å². The molecule has 0 saturated carbocycles. The Morgan fingerprint density at radius 2 is 1.19 bits per heavy atom. The smallest absolute Gasteiger partial charge is 0.458 e. The van der Waals surface area contributed by atoms with Gasteiger partial charge in [0, 0.05) is 0 Å². The van der Waals surface area contributed by atoms with Crippen molar-refractivity contribution in [2.75, 3.05) is 13.2 Å². The van der Waals surface area contributed by atoms with Crippen molar-refractivity contribution in [1.29, 1.82) is 0 Å². The van der Waals surface area contributed by atoms with Crippen LogP contribution in [0.15, 0.2) is 18.2 Å². The monoisotopic (exact) mass is 597 g/mol. The van der Waals surface area contributed by atoms with Gasteiger partial charge in [-0.15, -0.1) is 0 Å². The average Bonchev–Trinajstić information content (AvgIpc) is 2.80. The van der Waals surface area contributed by atoms with Gasteiger partial charge >= 0.3 is 24.4 Å². The van der Waals surface area contributed by atoms with Gasteiger partial charge in [-0.1, -0.05) is 47.6 Å². The Balaban J connectivity index is 2.97. The van der Waals surface area contributed by atoms with Crippen LogP contribution in [0.4, 0.5) is 14.4 Å². The number of benzene rings is 1. The van der Waals surface area contributed by atoms with Gasteiger partial charge in [0.15, 0.2) is 11.5 Å². The normalized spacial score (nSPS) is 14.1. The third-order valence-electron chi connectivity index (χ3n) is 5.03. The zero-order valence-corrected chi connectivity index (χ0v) is 26.7. The largest absolute Gasteiger partial charge is 0.513 e. The van der Waals surface area contributed by atoms with E-state index in [0.29, 0.717) is 5.56 Å². The van der Waals surface area contributed by atoms with Crippen LogP contribution in [0.25, 0.3) is 0 Å². The Bertz CT molecular complexity index is 1080. The summed E-state index contributed by atoms with van der Waals surface area (Å²) < 4.78 is 36.6. The van der Waals surface area contributed by atoms with E-state index in [1.807, 2.05) is 41.5 Å². The van der Waals surface area contributed by atoms with Crippen LogP contribution in [0.2, 0.25) is 0 Å². The summed E-state index contributed by atoms with van der Waals surface area (Å²) in [6, 6.07) is 3.21. The Morgan fingerprint density at radius 3 is 1.67 bits per heavy atom. The van der Waals surface area contributed by atoms with Crippen LogP contribution in [-0.4, -0.2) is 61.5 Å². The molecule has 0 aromatic heterocycles. The first kappa shape index (κ1) is 36.5. The lowest BCUT2D eigenvalue weighted by Gasteiger charge is -2.24. The highest BCUT2D eigenvalue weighted by Gasteiger charge is 2.27. The lowest BCUT2D eigenvalue weighted by Crippen LogP contribution is -2.40. The number of rotatable bonds is 10. The Morgan fingerprint density at radius 1 is 0.714 bits per heavy atom. The van der Waals surface area contributed by atoms with Gasteiger partial charge in [-0.25, -0.2) is 14.4 Å². The lowest BCUT2D eigenvalue weighted by atomic mass is 9.99. The standard InChI is InChI=1S/C30H47NO11/c1-18(19(2)39-27(35)42-30(9,10)11)38-24(32)21(31)14-20-12-13-22(40-25(33)36-16-28(3,4)5)23(15-20)41-26(34)37-17-29(6,7)8/h12-13,15,18-19,21H,14,16-17,31H2,1-11H3/t18-,19?,21-/m0/s1. The maximum atomic E-state index is 12.7. The molecule has 12 heteroatoms. The summed E-state index contributed by atoms with van der Waals surface area (Å²) in [5.41, 5.74) is 5.22. The van der Waals surface area contributed by atoms with Crippen LogP contribution in [0.5, 0.6) is 11.5 Å². The first-order chi connectivity index (χ1) is 19.0. The number of carbonyl (C=O) groups excluding carboxylic acids is 4. The second-order valence-corrected chi connectivity index (χ2v) is 13.4. The minimum Gasteiger partial charge on any atom is -0.458 e. The molecule has 1 rings (SSSR count). The summed E-state index contributed by atoms with van der Waals surface area (Å²) in [7, 11) is 0. The van der Waals surface area contributed by atoms with E-state index in [2.05, 4.69) is 0 Å². The van der Waals surface area contributed by atoms with E-state index in [-0.39, 0.29) is 42.0 Å². The minimum atomic E-state index is -1.12. The fraction of sp³-hybridized carbons (Fsp3) is 0.667. The quantitative estimate of drug-likeness (QED) is 0.192. The zero-order chi connectivity index (χ0) is 32.5. The van der Waals surface area contributed by atoms with E-state index in [9.17, 15) is 19.2 Å². The fourth-order valence-corrected chi connectivity index (χ4v) is 2.86. The van der Waals surface area contributed by atoms with Crippen LogP contribution in [0.1, 0.15) is 81.7 Å². The lowest BCUT2D eigenvalue weighted by molar-refractivity contribution is -0.156. The van der Waals surface area contributed by atoms with Gasteiger partial charge in [0.1, 0.15) is 23.9 Å². The van der Waals surface area contributed by atoms with Crippen molar-refractivity contribution in [2.24, 2.45) is 16.6 Å². The molecule has 0 spiro atoms. The highest BCUT2D eigenvalue weighted by molar-refractivity contribution is 5.76. The summed E-state index contributed by atoms with van der Waals surface area (Å²) in [4.78, 5) is 49.2. The minimum absolute atomic E-state index is 0.0188. The molecule has 0 heterocycles. The summed E-state index contributed by atoms with van der Waals surface area (Å²) in [5.74, 6) is -0.976. The van der Waals surface area contributed by atoms with Gasteiger partial charge in [-0.2, -0.15) is 0 Å². The zero-order valence-electron chi connectivity index (χ0n) is 26.7. The van der Waals surface area contributed by atoms with Crippen molar-refractivity contribution in [3.05, 3.63) is 23.8 Å². The van der Waals surface area contributed by atoms with Crippen LogP contribution in [0, 0.1) is 10.8 Å². The predicted molar refractivity (Wildman–Crippen MR) is 153 cm³/mol. The number of esters is 1. The van der Waals surface area contributed by atoms with Crippen LogP contribution < -0.4 is 15.2 Å². The molecule has 0 bridgehead atoms. The molecule has 0 amide bonds. The van der Waals surface area contributed by atoms with Crippen LogP contribution in [0.3, 0.4) is 0 Å². The SMILES string of the molecule is CC(OC(=O)OC(C)(C)C)[C@H](C)OC(=O)[C@@H](N)Cc1ccc(OC(=O)OCC(C)(C)C)c(OC(=O)OCC(C)(C)C)c1. The molecular weight excluding hydrogens is 550 g/mol. The predicted octanol–water partition coefficient (Wildman–Crippen LogP) is 5.95. The first-order valence-corrected chi connectivity index (χ1v) is 13.7. The number of hydrogen-bond donors (Lipinski definition) is 1. The van der Waals surface area contributed by atoms with E-state index in [1.54, 1.807) is 40.7 Å². The molecule has 0 aliphatic rings. The molecular formula is C30H47NO11. The Labute approximate surface area is 248 Å². The van der Waals surface area contributed by atoms with E-state index in [0.717, 1.165) is 0 Å². The highest BCUT2D eigenvalue weighted by atomic mass is 16.8. The molecule has 0 fully saturated rings. The van der Waals surface area contributed by atoms with E-state index in [4.69, 9.17) is 38.9 Å². The van der Waals surface area contributed by atoms with Gasteiger partial charge in [-0.05, 0) is 69.6 Å². The van der Waals surface area contributed by atoms with Gasteiger partial charge in [0.05, 0.1) is 13.2 Å². The van der Waals surface area contributed by atoms with Crippen molar-refractivity contribution >= 4 is 24.4 Å². The van der Waals surface area contributed by atoms with Gasteiger partial charge < -0.3 is 38.9 Å². The molecule has 3 atom stereocenters. The molecule has 0 saturated heterocycles. The molecule has 1 aromatic carbocycles. The summed E-state index contributed by atoms with van der Waals surface area (Å²) >= 11 is 0. The summed E-state index contributed by atoms with van der Waals surface area (Å²) in [6.45, 7) is 19.7. The van der Waals surface area contributed by atoms with Crippen molar-refractivity contribution in [1.82, 2.24) is 0 Å². The Kier molecular flexibility index (Phi) is 13.1. The Hall–Kier alpha value is -3.54. The molecule has 2 N–H and O–H groups in total. The molecule has 42 heavy (non-hydrogen) atoms. The van der Waals surface area contributed by atoms with Crippen molar-refractivity contribution in [3.63, 3.8) is 0 Å². The summed E-state index contributed by atoms with van der Waals surface area (Å²) in [5, 5.41) is 0. The van der Waals surface area contributed by atoms with Crippen LogP contribution in [-0.2, 0) is 34.9 Å². The third-order valence-corrected chi connectivity index (χ3v) is 5.03. The van der Waals surface area contributed by atoms with Gasteiger partial charge in [0.2, 0.25) is 0 Å². The van der Waals surface area contributed by atoms with E-state index >= 15 is 0 Å². The van der Waals surface area contributed by atoms with E-state index in [1.165, 1.54) is 12.1 Å². The van der Waals surface area contributed by atoms with Crippen molar-refractivity contribution < 1.29 is 52.3 Å². The summed E-state index contributed by atoms with van der Waals surface area (Å²) in [6.07, 6.45) is -4.52.